The van der Waals surface area contributed by atoms with Crippen LogP contribution in [0.4, 0.5) is 10.6 Å². The quantitative estimate of drug-likeness (QED) is 0.581. The zero-order valence-corrected chi connectivity index (χ0v) is 16.6. The molecule has 1 fully saturated rings. The second-order valence-corrected chi connectivity index (χ2v) is 7.49. The molecule has 2 amide bonds. The number of amides is 2. The Morgan fingerprint density at radius 2 is 1.80 bits per heavy atom. The number of aromatic nitrogens is 4. The number of halogens is 1. The molecule has 5 heterocycles. The van der Waals surface area contributed by atoms with Crippen LogP contribution in [0.15, 0.2) is 36.7 Å². The first kappa shape index (κ1) is 18.7. The molecule has 9 nitrogen and oxygen atoms in total. The van der Waals surface area contributed by atoms with Gasteiger partial charge in [0, 0.05) is 30.9 Å². The lowest BCUT2D eigenvalue weighted by Crippen LogP contribution is -2.39. The summed E-state index contributed by atoms with van der Waals surface area (Å²) in [5, 5.41) is 1.06. The van der Waals surface area contributed by atoms with Crippen LogP contribution in [0.25, 0.3) is 11.0 Å². The molecule has 0 N–H and O–H groups in total. The molecule has 0 aromatic carbocycles. The first-order valence-electron chi connectivity index (χ1n) is 9.65. The van der Waals surface area contributed by atoms with Crippen molar-refractivity contribution in [2.24, 2.45) is 0 Å². The topological polar surface area (TPSA) is 101 Å². The smallest absolute Gasteiger partial charge is 0.412 e. The van der Waals surface area contributed by atoms with Gasteiger partial charge in [0.2, 0.25) is 6.23 Å². The molecular weight excluding hydrogens is 408 g/mol. The maximum absolute atomic E-state index is 13.1. The average molecular weight is 425 g/mol. The number of carbonyl (C=O) groups is 2. The van der Waals surface area contributed by atoms with E-state index in [1.54, 1.807) is 29.2 Å². The lowest BCUT2D eigenvalue weighted by Gasteiger charge is -2.29. The van der Waals surface area contributed by atoms with E-state index in [1.165, 1.54) is 17.3 Å². The van der Waals surface area contributed by atoms with Gasteiger partial charge in [-0.2, -0.15) is 0 Å². The molecule has 0 spiro atoms. The molecule has 0 radical (unpaired) electrons. The summed E-state index contributed by atoms with van der Waals surface area (Å²) in [5.74, 6) is -0.165. The molecule has 1 saturated heterocycles. The molecule has 0 bridgehead atoms. The van der Waals surface area contributed by atoms with Gasteiger partial charge in [-0.15, -0.1) is 0 Å². The average Bonchev–Trinajstić information content (AvgIpc) is 3.05. The molecule has 1 atom stereocenters. The summed E-state index contributed by atoms with van der Waals surface area (Å²) in [5.41, 5.74) is 0.800. The van der Waals surface area contributed by atoms with Gasteiger partial charge in [0.25, 0.3) is 5.91 Å². The van der Waals surface area contributed by atoms with Crippen molar-refractivity contribution in [2.75, 3.05) is 18.0 Å². The number of carbonyl (C=O) groups excluding carboxylic acids is 2. The minimum Gasteiger partial charge on any atom is -0.419 e. The van der Waals surface area contributed by atoms with Crippen molar-refractivity contribution in [1.29, 1.82) is 0 Å². The molecule has 10 heteroatoms. The predicted molar refractivity (Wildman–Crippen MR) is 108 cm³/mol. The van der Waals surface area contributed by atoms with E-state index < -0.39 is 18.2 Å². The number of hydrogen-bond acceptors (Lipinski definition) is 7. The highest BCUT2D eigenvalue weighted by molar-refractivity contribution is 6.29. The van der Waals surface area contributed by atoms with Crippen LogP contribution >= 0.6 is 11.6 Å². The first-order chi connectivity index (χ1) is 14.6. The van der Waals surface area contributed by atoms with E-state index in [9.17, 15) is 9.59 Å². The highest BCUT2D eigenvalue weighted by atomic mass is 35.5. The molecule has 2 aliphatic rings. The van der Waals surface area contributed by atoms with Crippen LogP contribution in [0, 0.1) is 0 Å². The van der Waals surface area contributed by atoms with Gasteiger partial charge >= 0.3 is 6.09 Å². The number of piperidine rings is 1. The maximum Gasteiger partial charge on any atom is 0.412 e. The van der Waals surface area contributed by atoms with Gasteiger partial charge in [-0.05, 0) is 43.5 Å². The fourth-order valence-electron chi connectivity index (χ4n) is 3.72. The van der Waals surface area contributed by atoms with Crippen molar-refractivity contribution in [1.82, 2.24) is 24.8 Å². The SMILES string of the molecule is O=C(OC1c2nccnc2C(=O)N1c1ccc2ccc(Cl)nc2n1)N1CCCCC1. The van der Waals surface area contributed by atoms with Crippen LogP contribution in [0.3, 0.4) is 0 Å². The summed E-state index contributed by atoms with van der Waals surface area (Å²) < 4.78 is 5.75. The van der Waals surface area contributed by atoms with E-state index in [0.29, 0.717) is 23.9 Å². The Morgan fingerprint density at radius 3 is 2.63 bits per heavy atom. The van der Waals surface area contributed by atoms with E-state index >= 15 is 0 Å². The summed E-state index contributed by atoms with van der Waals surface area (Å²) in [6, 6.07) is 6.91. The molecule has 152 valence electrons. The van der Waals surface area contributed by atoms with Crippen LogP contribution in [-0.4, -0.2) is 49.9 Å². The predicted octanol–water partition coefficient (Wildman–Crippen LogP) is 3.35. The number of rotatable bonds is 2. The second-order valence-electron chi connectivity index (χ2n) is 7.10. The van der Waals surface area contributed by atoms with Crippen molar-refractivity contribution in [2.45, 2.75) is 25.5 Å². The van der Waals surface area contributed by atoms with E-state index in [-0.39, 0.29) is 17.2 Å². The Hall–Kier alpha value is -3.33. The molecule has 5 rings (SSSR count). The standard InChI is InChI=1S/C20H17ClN6O3/c21-13-6-4-12-5-7-14(25-17(12)24-13)27-18(28)15-16(23-9-8-22-15)19(27)30-20(29)26-10-2-1-3-11-26/h4-9,19H,1-3,10-11H2. The van der Waals surface area contributed by atoms with Crippen LogP contribution in [0.5, 0.6) is 0 Å². The molecule has 0 saturated carbocycles. The molecule has 3 aromatic heterocycles. The fraction of sp³-hybridized carbons (Fsp3) is 0.300. The Bertz CT molecular complexity index is 1150. The lowest BCUT2D eigenvalue weighted by molar-refractivity contribution is 0.0550. The number of pyridine rings is 2. The zero-order valence-electron chi connectivity index (χ0n) is 15.9. The van der Waals surface area contributed by atoms with Crippen molar-refractivity contribution in [3.8, 4) is 0 Å². The van der Waals surface area contributed by atoms with Gasteiger partial charge in [-0.1, -0.05) is 11.6 Å². The summed E-state index contributed by atoms with van der Waals surface area (Å²) >= 11 is 5.99. The van der Waals surface area contributed by atoms with Gasteiger partial charge in [0.15, 0.2) is 11.3 Å². The highest BCUT2D eigenvalue weighted by Gasteiger charge is 2.44. The number of ether oxygens (including phenoxy) is 1. The maximum atomic E-state index is 13.1. The van der Waals surface area contributed by atoms with Crippen LogP contribution in [0.2, 0.25) is 5.15 Å². The summed E-state index contributed by atoms with van der Waals surface area (Å²) in [6.45, 7) is 1.26. The third-order valence-corrected chi connectivity index (χ3v) is 5.40. The number of fused-ring (bicyclic) bond motifs is 2. The van der Waals surface area contributed by atoms with E-state index in [2.05, 4.69) is 19.9 Å². The van der Waals surface area contributed by atoms with Crippen LogP contribution < -0.4 is 4.90 Å². The van der Waals surface area contributed by atoms with Gasteiger partial charge < -0.3 is 9.64 Å². The third kappa shape index (κ3) is 3.21. The Labute approximate surface area is 176 Å². The van der Waals surface area contributed by atoms with Crippen molar-refractivity contribution in [3.63, 3.8) is 0 Å². The first-order valence-corrected chi connectivity index (χ1v) is 10.0. The third-order valence-electron chi connectivity index (χ3n) is 5.19. The minimum atomic E-state index is -1.06. The number of hydrogen-bond donors (Lipinski definition) is 0. The van der Waals surface area contributed by atoms with Crippen LogP contribution in [-0.2, 0) is 4.74 Å². The number of likely N-dealkylation sites (tertiary alicyclic amines) is 1. The van der Waals surface area contributed by atoms with E-state index in [4.69, 9.17) is 16.3 Å². The number of anilines is 1. The van der Waals surface area contributed by atoms with Gasteiger partial charge in [0.1, 0.15) is 16.7 Å². The normalized spacial score (nSPS) is 18.6. The van der Waals surface area contributed by atoms with Crippen molar-refractivity contribution in [3.05, 3.63) is 53.2 Å². The largest absolute Gasteiger partial charge is 0.419 e. The highest BCUT2D eigenvalue weighted by Crippen LogP contribution is 2.36. The number of nitrogens with zero attached hydrogens (tertiary/aromatic N) is 6. The van der Waals surface area contributed by atoms with Gasteiger partial charge in [-0.25, -0.2) is 24.6 Å². The zero-order chi connectivity index (χ0) is 20.7. The molecular formula is C20H17ClN6O3. The van der Waals surface area contributed by atoms with Crippen LogP contribution in [0.1, 0.15) is 41.7 Å². The molecule has 1 unspecified atom stereocenters. The molecule has 30 heavy (non-hydrogen) atoms. The minimum absolute atomic E-state index is 0.134. The van der Waals surface area contributed by atoms with Crippen molar-refractivity contribution >= 4 is 40.5 Å². The summed E-state index contributed by atoms with van der Waals surface area (Å²) in [4.78, 5) is 45.9. The van der Waals surface area contributed by atoms with E-state index in [0.717, 1.165) is 24.6 Å². The molecule has 3 aromatic rings. The molecule has 0 aliphatic carbocycles. The monoisotopic (exact) mass is 424 g/mol. The Kier molecular flexibility index (Phi) is 4.66. The lowest BCUT2D eigenvalue weighted by atomic mass is 10.1. The summed E-state index contributed by atoms with van der Waals surface area (Å²) in [7, 11) is 0. The molecule has 2 aliphatic heterocycles. The Balaban J connectivity index is 1.53. The summed E-state index contributed by atoms with van der Waals surface area (Å²) in [6.07, 6.45) is 4.29. The Morgan fingerprint density at radius 1 is 1.03 bits per heavy atom. The van der Waals surface area contributed by atoms with Gasteiger partial charge in [-0.3, -0.25) is 9.78 Å². The van der Waals surface area contributed by atoms with Gasteiger partial charge in [0.05, 0.1) is 0 Å². The fourth-order valence-corrected chi connectivity index (χ4v) is 3.86. The van der Waals surface area contributed by atoms with E-state index in [1.807, 2.05) is 0 Å². The van der Waals surface area contributed by atoms with Crippen molar-refractivity contribution < 1.29 is 14.3 Å². The second kappa shape index (κ2) is 7.49.